The number of hydrogen-bond acceptors (Lipinski definition) is 13. The van der Waals surface area contributed by atoms with Crippen molar-refractivity contribution in [2.75, 3.05) is 45.3 Å². The van der Waals surface area contributed by atoms with E-state index in [1.807, 2.05) is 0 Å². The van der Waals surface area contributed by atoms with Crippen molar-refractivity contribution in [3.8, 4) is 11.5 Å². The first-order chi connectivity index (χ1) is 31.3. The Hall–Kier alpha value is -8.20. The molecule has 21 nitrogen and oxygen atoms in total. The summed E-state index contributed by atoms with van der Waals surface area (Å²) in [6, 6.07) is 15.2. The van der Waals surface area contributed by atoms with Gasteiger partial charge in [-0.25, -0.2) is 24.4 Å². The quantitative estimate of drug-likeness (QED) is 0.103. The molecule has 10 amide bonds. The molecule has 0 radical (unpaired) electrons. The topological polar surface area (TPSA) is 260 Å². The highest BCUT2D eigenvalue weighted by Crippen LogP contribution is 2.39. The van der Waals surface area contributed by atoms with Crippen molar-refractivity contribution >= 4 is 81.1 Å². The number of amides is 10. The number of fused-ring (bicyclic) bond motifs is 4. The predicted molar refractivity (Wildman–Crippen MR) is 226 cm³/mol. The molecule has 4 aromatic heterocycles. The Labute approximate surface area is 371 Å². The Balaban J connectivity index is 0.000000155. The lowest BCUT2D eigenvalue weighted by atomic mass is 9.95. The molecule has 2 atom stereocenters. The van der Waals surface area contributed by atoms with E-state index in [1.54, 1.807) is 60.7 Å². The van der Waals surface area contributed by atoms with Crippen LogP contribution in [0.3, 0.4) is 0 Å². The van der Waals surface area contributed by atoms with Crippen LogP contribution in [0.4, 0.5) is 20.2 Å². The standard InChI is InChI=1S/C23H20N6O6.C20H15ClN4O5/c1-34-13-3-2-12-10-28(19(30)14(12)8-13)11-23(20(31)26-21(32)27-23)17-9-15-16(35-17)4-5-24-18(15)29-7-6-25-22(29)33;1-29-11-3-2-10-8-25(17(26)12(10)6-11)9-20(18(27)23-19(28)24-20)15-7-13-14(30-15)4-5-22-16(13)21/h2-5,8-9H,6-7,10-11H2,1H3,(H,25,33)(H2,26,27,31,32);2-7H,8-9H2,1H3,(H2,23,24,27,28)/t23-;20-/m00/s1. The van der Waals surface area contributed by atoms with Crippen LogP contribution in [0.15, 0.2) is 81.9 Å². The van der Waals surface area contributed by atoms with Crippen molar-refractivity contribution in [1.82, 2.24) is 46.4 Å². The van der Waals surface area contributed by atoms with Crippen LogP contribution < -0.4 is 41.0 Å². The third-order valence-electron chi connectivity index (χ3n) is 11.9. The summed E-state index contributed by atoms with van der Waals surface area (Å²) in [4.78, 5) is 102. The minimum atomic E-state index is -1.66. The SMILES string of the molecule is COc1ccc2c(c1)C(=O)N(C[C@@]1(c3cc4c(Cl)nccc4o3)NC(=O)NC1=O)C2.COc1ccc2c(c1)C(=O)N(C[C@@]1(c3cc4c(N5CCNC5=O)nccc4o3)NC(=O)NC1=O)C2. The molecule has 65 heavy (non-hydrogen) atoms. The second kappa shape index (κ2) is 15.3. The van der Waals surface area contributed by atoms with Crippen molar-refractivity contribution < 1.29 is 51.9 Å². The number of halogens is 1. The Morgan fingerprint density at radius 1 is 0.677 bits per heavy atom. The summed E-state index contributed by atoms with van der Waals surface area (Å²) >= 11 is 6.14. The van der Waals surface area contributed by atoms with Crippen LogP contribution in [0.1, 0.15) is 43.4 Å². The minimum absolute atomic E-state index is 0.120. The summed E-state index contributed by atoms with van der Waals surface area (Å²) in [6.07, 6.45) is 2.98. The maximum Gasteiger partial charge on any atom is 0.323 e. The molecule has 0 spiro atoms. The van der Waals surface area contributed by atoms with Crippen LogP contribution in [0.25, 0.3) is 21.9 Å². The van der Waals surface area contributed by atoms with Gasteiger partial charge in [-0.05, 0) is 59.7 Å². The van der Waals surface area contributed by atoms with Crippen LogP contribution in [0, 0.1) is 0 Å². The lowest BCUT2D eigenvalue weighted by Crippen LogP contribution is -2.52. The van der Waals surface area contributed by atoms with Gasteiger partial charge >= 0.3 is 18.1 Å². The molecular weight excluding hydrogens is 868 g/mol. The van der Waals surface area contributed by atoms with Crippen LogP contribution in [0.2, 0.25) is 5.15 Å². The van der Waals surface area contributed by atoms with Gasteiger partial charge in [0.25, 0.3) is 23.6 Å². The van der Waals surface area contributed by atoms with E-state index in [9.17, 15) is 33.6 Å². The number of carbonyl (C=O) groups is 7. The van der Waals surface area contributed by atoms with E-state index in [0.717, 1.165) is 11.1 Å². The number of nitrogens with one attached hydrogen (secondary N) is 5. The summed E-state index contributed by atoms with van der Waals surface area (Å²) in [6.45, 7) is 1.17. The highest BCUT2D eigenvalue weighted by molar-refractivity contribution is 6.34. The lowest BCUT2D eigenvalue weighted by Gasteiger charge is -2.29. The number of carbonyl (C=O) groups excluding carboxylic acids is 7. The van der Waals surface area contributed by atoms with E-state index in [0.29, 0.717) is 63.5 Å². The second-order valence-corrected chi connectivity index (χ2v) is 16.0. The predicted octanol–water partition coefficient (Wildman–Crippen LogP) is 3.24. The Bertz CT molecular complexity index is 3080. The molecule has 5 N–H and O–H groups in total. The van der Waals surface area contributed by atoms with Gasteiger partial charge in [0.05, 0.1) is 38.1 Å². The molecule has 22 heteroatoms. The van der Waals surface area contributed by atoms with Gasteiger partial charge in [-0.1, -0.05) is 23.7 Å². The van der Waals surface area contributed by atoms with Crippen molar-refractivity contribution in [3.05, 3.63) is 112 Å². The molecule has 0 saturated carbocycles. The van der Waals surface area contributed by atoms with Crippen molar-refractivity contribution in [3.63, 3.8) is 0 Å². The average molecular weight is 903 g/mol. The summed E-state index contributed by atoms with van der Waals surface area (Å²) in [5.74, 6) is -0.0399. The highest BCUT2D eigenvalue weighted by Gasteiger charge is 2.54. The Kier molecular flexibility index (Phi) is 9.59. The molecule has 0 aliphatic carbocycles. The first-order valence-corrected chi connectivity index (χ1v) is 20.4. The van der Waals surface area contributed by atoms with Crippen molar-refractivity contribution in [2.24, 2.45) is 0 Å². The fourth-order valence-electron chi connectivity index (χ4n) is 8.66. The van der Waals surface area contributed by atoms with Crippen LogP contribution >= 0.6 is 11.6 Å². The van der Waals surface area contributed by atoms with Gasteiger partial charge in [0.2, 0.25) is 0 Å². The summed E-state index contributed by atoms with van der Waals surface area (Å²) in [5, 5.41) is 13.7. The molecule has 2 aromatic carbocycles. The minimum Gasteiger partial charge on any atom is -0.497 e. The summed E-state index contributed by atoms with van der Waals surface area (Å²) in [7, 11) is 3.04. The van der Waals surface area contributed by atoms with Gasteiger partial charge in [-0.2, -0.15) is 0 Å². The molecule has 9 heterocycles. The van der Waals surface area contributed by atoms with Gasteiger partial charge in [0, 0.05) is 49.7 Å². The van der Waals surface area contributed by atoms with Gasteiger partial charge < -0.3 is 44.1 Å². The molecule has 6 aromatic rings. The molecule has 3 saturated heterocycles. The van der Waals surface area contributed by atoms with Crippen molar-refractivity contribution in [1.29, 1.82) is 0 Å². The van der Waals surface area contributed by atoms with Crippen molar-refractivity contribution in [2.45, 2.75) is 24.2 Å². The second-order valence-electron chi connectivity index (χ2n) is 15.7. The summed E-state index contributed by atoms with van der Waals surface area (Å²) in [5.41, 5.74) is 0.0950. The van der Waals surface area contributed by atoms with E-state index in [4.69, 9.17) is 29.9 Å². The Morgan fingerprint density at radius 2 is 1.18 bits per heavy atom. The first-order valence-electron chi connectivity index (χ1n) is 20.0. The van der Waals surface area contributed by atoms with Gasteiger partial charge in [-0.3, -0.25) is 34.7 Å². The van der Waals surface area contributed by atoms with Crippen LogP contribution in [-0.4, -0.2) is 102 Å². The van der Waals surface area contributed by atoms with Crippen LogP contribution in [-0.2, 0) is 33.8 Å². The monoisotopic (exact) mass is 902 g/mol. The largest absolute Gasteiger partial charge is 0.497 e. The highest BCUT2D eigenvalue weighted by atomic mass is 35.5. The van der Waals surface area contributed by atoms with Gasteiger partial charge in [0.15, 0.2) is 11.1 Å². The number of ether oxygens (including phenoxy) is 2. The fourth-order valence-corrected chi connectivity index (χ4v) is 8.86. The Morgan fingerprint density at radius 3 is 1.65 bits per heavy atom. The number of rotatable bonds is 9. The lowest BCUT2D eigenvalue weighted by molar-refractivity contribution is -0.126. The third-order valence-corrected chi connectivity index (χ3v) is 12.2. The maximum absolute atomic E-state index is 13.2. The number of anilines is 1. The van der Waals surface area contributed by atoms with E-state index in [2.05, 4.69) is 36.6 Å². The molecular formula is C43H35ClN10O11. The molecule has 3 fully saturated rings. The zero-order chi connectivity index (χ0) is 45.4. The number of nitrogens with zero attached hydrogens (tertiary/aromatic N) is 5. The van der Waals surface area contributed by atoms with Gasteiger partial charge in [0.1, 0.15) is 45.2 Å². The number of furan rings is 2. The fraction of sp³-hybridized carbons (Fsp3) is 0.233. The molecule has 0 unspecified atom stereocenters. The maximum atomic E-state index is 13.2. The number of imide groups is 2. The number of hydrogen-bond donors (Lipinski definition) is 5. The number of benzene rings is 2. The molecule has 330 valence electrons. The zero-order valence-electron chi connectivity index (χ0n) is 34.3. The molecule has 0 bridgehead atoms. The zero-order valence-corrected chi connectivity index (χ0v) is 35.0. The van der Waals surface area contributed by atoms with E-state index >= 15 is 0 Å². The van der Waals surface area contributed by atoms with Crippen LogP contribution in [0.5, 0.6) is 11.5 Å². The van der Waals surface area contributed by atoms with E-state index in [-0.39, 0.29) is 60.7 Å². The first kappa shape index (κ1) is 40.8. The smallest absolute Gasteiger partial charge is 0.323 e. The number of methoxy groups -OCH3 is 2. The number of urea groups is 3. The normalized spacial score (nSPS) is 21.0. The summed E-state index contributed by atoms with van der Waals surface area (Å²) < 4.78 is 22.3. The average Bonchev–Trinajstić information content (AvgIpc) is 4.18. The number of pyridine rings is 2. The molecule has 5 aliphatic rings. The molecule has 5 aliphatic heterocycles. The van der Waals surface area contributed by atoms with Gasteiger partial charge in [-0.15, -0.1) is 0 Å². The van der Waals surface area contributed by atoms with E-state index < -0.39 is 35.0 Å². The molecule has 11 rings (SSSR count). The van der Waals surface area contributed by atoms with E-state index in [1.165, 1.54) is 41.3 Å². The number of aromatic nitrogens is 2. The third kappa shape index (κ3) is 6.65.